The van der Waals surface area contributed by atoms with Crippen molar-refractivity contribution in [2.24, 2.45) is 0 Å². The fourth-order valence-electron chi connectivity index (χ4n) is 3.47. The summed E-state index contributed by atoms with van der Waals surface area (Å²) in [4.78, 5) is 25.7. The Hall–Kier alpha value is -2.56. The Morgan fingerprint density at radius 3 is 2.69 bits per heavy atom. The van der Waals surface area contributed by atoms with Gasteiger partial charge in [0.2, 0.25) is 5.91 Å². The first-order valence-corrected chi connectivity index (χ1v) is 13.3. The highest BCUT2D eigenvalue weighted by atomic mass is 35.5. The highest BCUT2D eigenvalue weighted by Crippen LogP contribution is 2.33. The zero-order chi connectivity index (χ0) is 25.5. The van der Waals surface area contributed by atoms with E-state index in [0.29, 0.717) is 40.3 Å². The number of carbonyl (C=O) groups is 2. The Morgan fingerprint density at radius 2 is 2.00 bits per heavy atom. The average molecular weight is 537 g/mol. The number of amides is 1. The molecule has 8 nitrogen and oxygen atoms in total. The van der Waals surface area contributed by atoms with Gasteiger partial charge in [-0.05, 0) is 63.4 Å². The molecule has 0 saturated carbocycles. The number of halogens is 1. The predicted molar refractivity (Wildman–Crippen MR) is 140 cm³/mol. The molecular formula is C24H29ClN4O4S2. The van der Waals surface area contributed by atoms with Crippen molar-refractivity contribution < 1.29 is 19.1 Å². The highest BCUT2D eigenvalue weighted by molar-refractivity contribution is 7.99. The van der Waals surface area contributed by atoms with E-state index in [2.05, 4.69) is 15.5 Å². The van der Waals surface area contributed by atoms with Crippen LogP contribution in [-0.4, -0.2) is 46.1 Å². The minimum absolute atomic E-state index is 0.147. The van der Waals surface area contributed by atoms with Crippen molar-refractivity contribution in [3.05, 3.63) is 50.6 Å². The van der Waals surface area contributed by atoms with Gasteiger partial charge in [0.25, 0.3) is 0 Å². The molecule has 0 fully saturated rings. The number of esters is 1. The number of nitrogens with one attached hydrogen (secondary N) is 1. The fourth-order valence-corrected chi connectivity index (χ4v) is 5.58. The monoisotopic (exact) mass is 536 g/mol. The van der Waals surface area contributed by atoms with Gasteiger partial charge in [0.15, 0.2) is 5.16 Å². The van der Waals surface area contributed by atoms with E-state index in [1.54, 1.807) is 0 Å². The first kappa shape index (κ1) is 27.0. The molecule has 0 aliphatic rings. The van der Waals surface area contributed by atoms with Crippen LogP contribution in [0.4, 0.5) is 5.00 Å². The van der Waals surface area contributed by atoms with Gasteiger partial charge in [-0.3, -0.25) is 4.79 Å². The van der Waals surface area contributed by atoms with Gasteiger partial charge in [0, 0.05) is 22.9 Å². The lowest BCUT2D eigenvalue weighted by molar-refractivity contribution is -0.113. The van der Waals surface area contributed by atoms with Gasteiger partial charge in [-0.1, -0.05) is 23.4 Å². The number of anilines is 1. The summed E-state index contributed by atoms with van der Waals surface area (Å²) in [6.45, 7) is 8.97. The van der Waals surface area contributed by atoms with Crippen LogP contribution in [0.2, 0.25) is 5.02 Å². The number of thioether (sulfide) groups is 1. The molecule has 3 aromatic rings. The molecule has 0 atom stereocenters. The molecule has 1 aromatic carbocycles. The van der Waals surface area contributed by atoms with Crippen LogP contribution >= 0.6 is 34.7 Å². The predicted octanol–water partition coefficient (Wildman–Crippen LogP) is 5.47. The van der Waals surface area contributed by atoms with Crippen molar-refractivity contribution in [2.75, 3.05) is 24.8 Å². The number of nitrogens with zero attached hydrogens (tertiary/aromatic N) is 3. The molecule has 0 bridgehead atoms. The first-order valence-electron chi connectivity index (χ1n) is 11.2. The third-order valence-corrected chi connectivity index (χ3v) is 7.73. The minimum atomic E-state index is -0.458. The smallest absolute Gasteiger partial charge is 0.341 e. The van der Waals surface area contributed by atoms with Gasteiger partial charge in [-0.2, -0.15) is 0 Å². The maximum atomic E-state index is 12.6. The molecule has 2 aromatic heterocycles. The van der Waals surface area contributed by atoms with Crippen LogP contribution in [0.1, 0.15) is 45.5 Å². The molecule has 0 aliphatic carbocycles. The molecule has 1 N–H and O–H groups in total. The van der Waals surface area contributed by atoms with Crippen molar-refractivity contribution >= 4 is 51.6 Å². The molecule has 3 rings (SSSR count). The second-order valence-electron chi connectivity index (χ2n) is 7.82. The summed E-state index contributed by atoms with van der Waals surface area (Å²) in [5.74, 6) is 1.14. The summed E-state index contributed by atoms with van der Waals surface area (Å²) in [7, 11) is 1.33. The maximum absolute atomic E-state index is 12.6. The molecule has 0 aliphatic heterocycles. The summed E-state index contributed by atoms with van der Waals surface area (Å²) < 4.78 is 12.7. The van der Waals surface area contributed by atoms with Crippen LogP contribution in [-0.2, 0) is 22.5 Å². The minimum Gasteiger partial charge on any atom is -0.493 e. The van der Waals surface area contributed by atoms with Crippen LogP contribution < -0.4 is 10.1 Å². The summed E-state index contributed by atoms with van der Waals surface area (Å²) >= 11 is 8.67. The van der Waals surface area contributed by atoms with E-state index in [-0.39, 0.29) is 11.7 Å². The zero-order valence-corrected chi connectivity index (χ0v) is 22.8. The fraction of sp³-hybridized carbons (Fsp3) is 0.417. The molecule has 0 unspecified atom stereocenters. The molecule has 0 radical (unpaired) electrons. The van der Waals surface area contributed by atoms with Crippen LogP contribution in [0.25, 0.3) is 0 Å². The number of rotatable bonds is 11. The van der Waals surface area contributed by atoms with Crippen molar-refractivity contribution in [1.29, 1.82) is 0 Å². The number of ether oxygens (including phenoxy) is 2. The lowest BCUT2D eigenvalue weighted by atomic mass is 10.1. The summed E-state index contributed by atoms with van der Waals surface area (Å²) in [5.41, 5.74) is 2.22. The Morgan fingerprint density at radius 1 is 1.23 bits per heavy atom. The van der Waals surface area contributed by atoms with Gasteiger partial charge in [-0.25, -0.2) is 4.79 Å². The Labute approximate surface area is 218 Å². The van der Waals surface area contributed by atoms with Crippen LogP contribution in [0.3, 0.4) is 0 Å². The summed E-state index contributed by atoms with van der Waals surface area (Å²) in [6.07, 6.45) is 1.48. The lowest BCUT2D eigenvalue weighted by Gasteiger charge is -2.10. The van der Waals surface area contributed by atoms with Gasteiger partial charge >= 0.3 is 5.97 Å². The second-order valence-corrected chi connectivity index (χ2v) is 10.4. The highest BCUT2D eigenvalue weighted by Gasteiger charge is 2.22. The number of aromatic nitrogens is 3. The average Bonchev–Trinajstić information content (AvgIpc) is 3.35. The third-order valence-electron chi connectivity index (χ3n) is 5.41. The van der Waals surface area contributed by atoms with Gasteiger partial charge in [0.05, 0.1) is 25.0 Å². The second kappa shape index (κ2) is 12.4. The van der Waals surface area contributed by atoms with E-state index >= 15 is 0 Å². The summed E-state index contributed by atoms with van der Waals surface area (Å²) in [5, 5.41) is 13.3. The van der Waals surface area contributed by atoms with E-state index in [1.165, 1.54) is 30.2 Å². The number of carbonyl (C=O) groups excluding carboxylic acids is 2. The number of benzene rings is 1. The zero-order valence-electron chi connectivity index (χ0n) is 20.4. The van der Waals surface area contributed by atoms with Gasteiger partial charge < -0.3 is 19.4 Å². The molecule has 188 valence electrons. The van der Waals surface area contributed by atoms with Crippen LogP contribution in [0.5, 0.6) is 5.75 Å². The van der Waals surface area contributed by atoms with Crippen LogP contribution in [0, 0.1) is 20.8 Å². The number of thiophene rings is 1. The van der Waals surface area contributed by atoms with Crippen molar-refractivity contribution in [2.45, 2.75) is 52.2 Å². The number of hydrogen-bond acceptors (Lipinski definition) is 8. The Balaban J connectivity index is 1.54. The SMILES string of the molecule is CCn1c(CCCOc2ccc(Cl)cc2C)nnc1SCC(=O)Nc1sc(C)c(C)c1C(=O)OC. The van der Waals surface area contributed by atoms with Gasteiger partial charge in [0.1, 0.15) is 16.6 Å². The molecule has 2 heterocycles. The number of methoxy groups -OCH3 is 1. The van der Waals surface area contributed by atoms with E-state index in [1.807, 2.05) is 50.5 Å². The quantitative estimate of drug-likeness (QED) is 0.197. The van der Waals surface area contributed by atoms with E-state index < -0.39 is 5.97 Å². The molecule has 35 heavy (non-hydrogen) atoms. The normalized spacial score (nSPS) is 10.9. The van der Waals surface area contributed by atoms with E-state index in [4.69, 9.17) is 21.1 Å². The molecule has 0 spiro atoms. The largest absolute Gasteiger partial charge is 0.493 e. The molecular weight excluding hydrogens is 508 g/mol. The Bertz CT molecular complexity index is 1210. The first-order chi connectivity index (χ1) is 16.7. The molecule has 1 amide bonds. The number of hydrogen-bond donors (Lipinski definition) is 1. The van der Waals surface area contributed by atoms with Crippen molar-refractivity contribution in [3.8, 4) is 5.75 Å². The van der Waals surface area contributed by atoms with E-state index in [0.717, 1.165) is 34.0 Å². The lowest BCUT2D eigenvalue weighted by Crippen LogP contribution is -2.16. The Kier molecular flexibility index (Phi) is 9.59. The van der Waals surface area contributed by atoms with Crippen LogP contribution in [0.15, 0.2) is 23.4 Å². The van der Waals surface area contributed by atoms with E-state index in [9.17, 15) is 9.59 Å². The molecule has 0 saturated heterocycles. The van der Waals surface area contributed by atoms with Gasteiger partial charge in [-0.15, -0.1) is 21.5 Å². The molecule has 11 heteroatoms. The van der Waals surface area contributed by atoms with Crippen molar-refractivity contribution in [1.82, 2.24) is 14.8 Å². The topological polar surface area (TPSA) is 95.3 Å². The third kappa shape index (κ3) is 6.77. The van der Waals surface area contributed by atoms with Crippen molar-refractivity contribution in [3.63, 3.8) is 0 Å². The summed E-state index contributed by atoms with van der Waals surface area (Å²) in [6, 6.07) is 5.56. The standard InChI is InChI=1S/C24H29ClN4O4S2/c1-6-29-19(8-7-11-33-18-10-9-17(25)12-14(18)2)27-28-24(29)34-13-20(30)26-22-21(23(31)32-5)15(3)16(4)35-22/h9-10,12H,6-8,11,13H2,1-5H3,(H,26,30). The number of aryl methyl sites for hydroxylation is 3. The maximum Gasteiger partial charge on any atom is 0.341 e.